The maximum Gasteiger partial charge on any atom is 0.331 e. The molecule has 36 heavy (non-hydrogen) atoms. The molecule has 1 aromatic carbocycles. The van der Waals surface area contributed by atoms with Crippen LogP contribution in [0.3, 0.4) is 0 Å². The van der Waals surface area contributed by atoms with Gasteiger partial charge in [-0.3, -0.25) is 4.79 Å². The predicted molar refractivity (Wildman–Crippen MR) is 122 cm³/mol. The fraction of sp³-hybridized carbons (Fsp3) is 0.667. The van der Waals surface area contributed by atoms with Crippen molar-refractivity contribution in [2.75, 3.05) is 27.4 Å². The number of fused-ring (bicyclic) bond motifs is 1. The largest absolute Gasteiger partial charge is 0.469 e. The molecule has 196 valence electrons. The Morgan fingerprint density at radius 2 is 1.89 bits per heavy atom. The number of esters is 2. The molecule has 4 rings (SSSR count). The van der Waals surface area contributed by atoms with Gasteiger partial charge in [-0.1, -0.05) is 48.3 Å². The highest BCUT2D eigenvalue weighted by Crippen LogP contribution is 2.38. The highest BCUT2D eigenvalue weighted by Gasteiger charge is 2.52. The molecular weight excluding hydrogens is 474 g/mol. The van der Waals surface area contributed by atoms with Gasteiger partial charge < -0.3 is 33.2 Å². The van der Waals surface area contributed by atoms with Crippen molar-refractivity contribution < 1.29 is 42.7 Å². The number of carbonyl (C=O) groups excluding carboxylic acids is 2. The standard InChI is InChI=1S/C24H31N3O9/c1-30-18(28)13-32-21-19(26-27-25)24(34-16-11-7-6-10-15(16)22(29)31-2)35-17-12-33-23(36-20(17)21)14-8-4-3-5-9-14/h3-5,8-9,15-17,19-21,23-24H,6-7,10-13H2,1-2H3/t15-,16?,17?,19?,20+,21+,23?,24+/m0/s1. The van der Waals surface area contributed by atoms with Crippen molar-refractivity contribution in [3.05, 3.63) is 46.3 Å². The predicted octanol–water partition coefficient (Wildman–Crippen LogP) is 2.81. The van der Waals surface area contributed by atoms with Crippen LogP contribution in [0.2, 0.25) is 0 Å². The Bertz CT molecular complexity index is 942. The van der Waals surface area contributed by atoms with Crippen LogP contribution in [0.15, 0.2) is 35.4 Å². The van der Waals surface area contributed by atoms with Gasteiger partial charge in [-0.2, -0.15) is 0 Å². The maximum absolute atomic E-state index is 12.4. The second-order valence-corrected chi connectivity index (χ2v) is 8.86. The molecule has 0 N–H and O–H groups in total. The zero-order chi connectivity index (χ0) is 25.5. The Kier molecular flexibility index (Phi) is 9.13. The summed E-state index contributed by atoms with van der Waals surface area (Å²) in [6.45, 7) is -0.237. The molecule has 1 aromatic rings. The maximum atomic E-state index is 12.4. The molecule has 2 heterocycles. The van der Waals surface area contributed by atoms with Gasteiger partial charge in [0.25, 0.3) is 0 Å². The fourth-order valence-corrected chi connectivity index (χ4v) is 4.90. The molecule has 1 saturated carbocycles. The van der Waals surface area contributed by atoms with Crippen molar-refractivity contribution >= 4 is 11.9 Å². The third-order valence-electron chi connectivity index (χ3n) is 6.70. The molecule has 2 saturated heterocycles. The summed E-state index contributed by atoms with van der Waals surface area (Å²) in [4.78, 5) is 27.2. The summed E-state index contributed by atoms with van der Waals surface area (Å²) in [6.07, 6.45) is -1.53. The van der Waals surface area contributed by atoms with E-state index < -0.39 is 54.9 Å². The van der Waals surface area contributed by atoms with Crippen molar-refractivity contribution in [2.45, 2.75) is 68.7 Å². The Morgan fingerprint density at radius 3 is 2.61 bits per heavy atom. The monoisotopic (exact) mass is 505 g/mol. The molecule has 3 aliphatic rings. The van der Waals surface area contributed by atoms with Gasteiger partial charge in [0.2, 0.25) is 0 Å². The van der Waals surface area contributed by atoms with Crippen LogP contribution in [0, 0.1) is 5.92 Å². The number of rotatable bonds is 8. The molecule has 3 fully saturated rings. The van der Waals surface area contributed by atoms with E-state index in [0.717, 1.165) is 18.4 Å². The lowest BCUT2D eigenvalue weighted by Gasteiger charge is -2.49. The normalized spacial score (nSPS) is 34.1. The van der Waals surface area contributed by atoms with E-state index in [1.807, 2.05) is 30.3 Å². The Hall–Kier alpha value is -2.73. The van der Waals surface area contributed by atoms with E-state index in [-0.39, 0.29) is 19.2 Å². The molecule has 0 amide bonds. The van der Waals surface area contributed by atoms with E-state index in [4.69, 9.17) is 33.2 Å². The molecule has 0 bridgehead atoms. The molecule has 0 aromatic heterocycles. The van der Waals surface area contributed by atoms with Gasteiger partial charge in [0.05, 0.1) is 32.8 Å². The van der Waals surface area contributed by atoms with Crippen molar-refractivity contribution in [2.24, 2.45) is 11.0 Å². The van der Waals surface area contributed by atoms with Crippen LogP contribution in [-0.2, 0) is 42.7 Å². The summed E-state index contributed by atoms with van der Waals surface area (Å²) in [5.41, 5.74) is 10.1. The van der Waals surface area contributed by atoms with Crippen LogP contribution in [0.5, 0.6) is 0 Å². The van der Waals surface area contributed by atoms with E-state index in [1.54, 1.807) is 0 Å². The molecule has 12 heteroatoms. The Balaban J connectivity index is 1.58. The minimum atomic E-state index is -1.06. The van der Waals surface area contributed by atoms with E-state index in [9.17, 15) is 15.1 Å². The zero-order valence-electron chi connectivity index (χ0n) is 20.3. The van der Waals surface area contributed by atoms with Crippen molar-refractivity contribution in [3.8, 4) is 0 Å². The number of hydrogen-bond donors (Lipinski definition) is 0. The topological polar surface area (TPSA) is 148 Å². The number of nitrogens with zero attached hydrogens (tertiary/aromatic N) is 3. The summed E-state index contributed by atoms with van der Waals surface area (Å²) in [6, 6.07) is 8.35. The minimum absolute atomic E-state index is 0.149. The molecule has 0 radical (unpaired) electrons. The van der Waals surface area contributed by atoms with Crippen LogP contribution in [0.25, 0.3) is 10.4 Å². The van der Waals surface area contributed by atoms with Gasteiger partial charge in [0, 0.05) is 10.5 Å². The molecule has 0 spiro atoms. The summed E-state index contributed by atoms with van der Waals surface area (Å²) in [5, 5.41) is 3.91. The van der Waals surface area contributed by atoms with Gasteiger partial charge in [0.15, 0.2) is 12.6 Å². The summed E-state index contributed by atoms with van der Waals surface area (Å²) in [7, 11) is 2.59. The van der Waals surface area contributed by atoms with Gasteiger partial charge in [-0.25, -0.2) is 4.79 Å². The first-order valence-corrected chi connectivity index (χ1v) is 12.0. The zero-order valence-corrected chi connectivity index (χ0v) is 20.3. The molecule has 4 unspecified atom stereocenters. The van der Waals surface area contributed by atoms with Crippen LogP contribution < -0.4 is 0 Å². The first-order valence-electron chi connectivity index (χ1n) is 12.0. The average molecular weight is 506 g/mol. The van der Waals surface area contributed by atoms with E-state index in [0.29, 0.717) is 12.8 Å². The number of benzene rings is 1. The molecule has 2 aliphatic heterocycles. The van der Waals surface area contributed by atoms with Crippen molar-refractivity contribution in [3.63, 3.8) is 0 Å². The van der Waals surface area contributed by atoms with E-state index in [1.165, 1.54) is 14.2 Å². The lowest BCUT2D eigenvalue weighted by Crippen LogP contribution is -2.63. The molecule has 8 atom stereocenters. The highest BCUT2D eigenvalue weighted by molar-refractivity contribution is 5.73. The van der Waals surface area contributed by atoms with Crippen LogP contribution in [-0.4, -0.2) is 76.1 Å². The first-order chi connectivity index (χ1) is 17.5. The van der Waals surface area contributed by atoms with Crippen LogP contribution in [0.1, 0.15) is 37.5 Å². The lowest BCUT2D eigenvalue weighted by molar-refractivity contribution is -0.352. The molecular formula is C24H31N3O9. The van der Waals surface area contributed by atoms with Gasteiger partial charge in [-0.05, 0) is 18.4 Å². The van der Waals surface area contributed by atoms with Crippen LogP contribution >= 0.6 is 0 Å². The molecule has 1 aliphatic carbocycles. The molecule has 12 nitrogen and oxygen atoms in total. The summed E-state index contributed by atoms with van der Waals surface area (Å²) in [5.74, 6) is -1.42. The van der Waals surface area contributed by atoms with Gasteiger partial charge in [-0.15, -0.1) is 0 Å². The van der Waals surface area contributed by atoms with Crippen LogP contribution in [0.4, 0.5) is 0 Å². The van der Waals surface area contributed by atoms with Gasteiger partial charge >= 0.3 is 11.9 Å². The van der Waals surface area contributed by atoms with E-state index in [2.05, 4.69) is 10.0 Å². The van der Waals surface area contributed by atoms with Crippen molar-refractivity contribution in [1.29, 1.82) is 0 Å². The van der Waals surface area contributed by atoms with Gasteiger partial charge in [0.1, 0.15) is 31.0 Å². The SMILES string of the molecule is COC(=O)CO[C@@H]1C(N=[N+]=[N-])[C@H](OC2CCCC[C@@H]2C(=O)OC)OC2COC(c3ccccc3)O[C@H]21. The lowest BCUT2D eigenvalue weighted by atomic mass is 9.86. The minimum Gasteiger partial charge on any atom is -0.469 e. The number of carbonyl (C=O) groups is 2. The van der Waals surface area contributed by atoms with Crippen molar-refractivity contribution in [1.82, 2.24) is 0 Å². The first kappa shape index (κ1) is 26.3. The number of hydrogen-bond acceptors (Lipinski definition) is 10. The number of azide groups is 1. The Morgan fingerprint density at radius 1 is 1.11 bits per heavy atom. The Labute approximate surface area is 208 Å². The third kappa shape index (κ3) is 5.97. The quantitative estimate of drug-likeness (QED) is 0.225. The average Bonchev–Trinajstić information content (AvgIpc) is 2.92. The smallest absolute Gasteiger partial charge is 0.331 e. The summed E-state index contributed by atoms with van der Waals surface area (Å²) >= 11 is 0. The van der Waals surface area contributed by atoms with E-state index >= 15 is 0 Å². The number of ether oxygens (including phenoxy) is 7. The number of methoxy groups -OCH3 is 2. The highest BCUT2D eigenvalue weighted by atomic mass is 16.8. The fourth-order valence-electron chi connectivity index (χ4n) is 4.90. The second kappa shape index (κ2) is 12.5. The third-order valence-corrected chi connectivity index (χ3v) is 6.70. The summed E-state index contributed by atoms with van der Waals surface area (Å²) < 4.78 is 40.1. The second-order valence-electron chi connectivity index (χ2n) is 8.86.